The van der Waals surface area contributed by atoms with Crippen molar-refractivity contribution >= 4 is 35.0 Å². The van der Waals surface area contributed by atoms with Crippen molar-refractivity contribution in [1.82, 2.24) is 35.2 Å². The molecule has 1 atom stereocenters. The van der Waals surface area contributed by atoms with Crippen LogP contribution in [-0.2, 0) is 9.59 Å². The molecule has 2 saturated carbocycles. The first-order valence-electron chi connectivity index (χ1n) is 18.3. The lowest BCUT2D eigenvalue weighted by Crippen LogP contribution is -2.52. The summed E-state index contributed by atoms with van der Waals surface area (Å²) in [6.07, 6.45) is 7.61. The van der Waals surface area contributed by atoms with Crippen molar-refractivity contribution in [3.63, 3.8) is 0 Å². The fourth-order valence-corrected chi connectivity index (χ4v) is 6.92. The first-order valence-corrected chi connectivity index (χ1v) is 18.3. The summed E-state index contributed by atoms with van der Waals surface area (Å²) in [5.41, 5.74) is 18.0. The highest BCUT2D eigenvalue weighted by atomic mass is 16.2. The molecule has 7 N–H and O–H groups in total. The van der Waals surface area contributed by atoms with E-state index in [1.807, 2.05) is 43.0 Å². The highest BCUT2D eigenvalue weighted by Crippen LogP contribution is 2.49. The van der Waals surface area contributed by atoms with Gasteiger partial charge in [0.05, 0.1) is 41.0 Å². The van der Waals surface area contributed by atoms with Gasteiger partial charge in [0.2, 0.25) is 5.91 Å². The van der Waals surface area contributed by atoms with Crippen molar-refractivity contribution in [2.45, 2.75) is 64.1 Å². The molecular weight excluding hydrogens is 674 g/mol. The molecule has 3 aromatic rings. The maximum atomic E-state index is 13.4. The quantitative estimate of drug-likeness (QED) is 0.137. The molecule has 0 spiro atoms. The molecule has 4 amide bonds. The van der Waals surface area contributed by atoms with Crippen molar-refractivity contribution in [3.8, 4) is 11.1 Å². The van der Waals surface area contributed by atoms with E-state index in [-0.39, 0.29) is 70.4 Å². The van der Waals surface area contributed by atoms with Crippen LogP contribution in [0.2, 0.25) is 0 Å². The molecule has 15 nitrogen and oxygen atoms in total. The predicted octanol–water partition coefficient (Wildman–Crippen LogP) is 2.82. The van der Waals surface area contributed by atoms with Gasteiger partial charge in [-0.15, -0.1) is 0 Å². The lowest BCUT2D eigenvalue weighted by atomic mass is 9.91. The monoisotopic (exact) mass is 721 g/mol. The largest absolute Gasteiger partial charge is 0.393 e. The number of allylic oxidation sites excluding steroid dienone is 1. The normalized spacial score (nSPS) is 18.6. The highest BCUT2D eigenvalue weighted by Gasteiger charge is 2.40. The molecule has 7 rings (SSSR count). The summed E-state index contributed by atoms with van der Waals surface area (Å²) in [5, 5.41) is 13.9. The summed E-state index contributed by atoms with van der Waals surface area (Å²) >= 11 is 0. The van der Waals surface area contributed by atoms with E-state index in [1.165, 1.54) is 6.08 Å². The zero-order chi connectivity index (χ0) is 37.6. The number of amides is 4. The average Bonchev–Trinajstić information content (AvgIpc) is 4.08. The Morgan fingerprint density at radius 1 is 0.981 bits per heavy atom. The van der Waals surface area contributed by atoms with E-state index in [2.05, 4.69) is 32.8 Å². The van der Waals surface area contributed by atoms with Gasteiger partial charge in [-0.2, -0.15) is 5.10 Å². The van der Waals surface area contributed by atoms with Crippen LogP contribution in [0.4, 0.5) is 11.4 Å². The molecule has 1 unspecified atom stereocenters. The van der Waals surface area contributed by atoms with Crippen molar-refractivity contribution in [2.75, 3.05) is 43.9 Å². The Balaban J connectivity index is 1.15. The maximum Gasteiger partial charge on any atom is 0.272 e. The minimum Gasteiger partial charge on any atom is -0.393 e. The Labute approximate surface area is 308 Å². The third-order valence-electron chi connectivity index (χ3n) is 10.4. The number of anilines is 2. The summed E-state index contributed by atoms with van der Waals surface area (Å²) in [6.45, 7) is 5.45. The zero-order valence-electron chi connectivity index (χ0n) is 30.6. The Morgan fingerprint density at radius 3 is 2.38 bits per heavy atom. The van der Waals surface area contributed by atoms with Crippen LogP contribution in [0.1, 0.15) is 84.7 Å². The third kappa shape index (κ3) is 7.02. The molecule has 53 heavy (non-hydrogen) atoms. The van der Waals surface area contributed by atoms with Crippen LogP contribution in [0, 0.1) is 5.92 Å². The van der Waals surface area contributed by atoms with Gasteiger partial charge in [0.15, 0.2) is 0 Å². The lowest BCUT2D eigenvalue weighted by molar-refractivity contribution is -0.121. The number of para-hydroxylation sites is 1. The number of carbonyl (C=O) groups is 4. The number of fused-ring (bicyclic) bond motifs is 3. The van der Waals surface area contributed by atoms with Gasteiger partial charge in [0.25, 0.3) is 17.7 Å². The van der Waals surface area contributed by atoms with Crippen LogP contribution in [0.3, 0.4) is 0 Å². The van der Waals surface area contributed by atoms with Gasteiger partial charge in [-0.05, 0) is 57.2 Å². The number of nitrogens with two attached hydrogens (primary N) is 2. The van der Waals surface area contributed by atoms with Crippen molar-refractivity contribution < 1.29 is 19.2 Å². The van der Waals surface area contributed by atoms with Crippen LogP contribution in [-0.4, -0.2) is 88.0 Å². The Morgan fingerprint density at radius 2 is 1.70 bits per heavy atom. The van der Waals surface area contributed by atoms with E-state index in [0.717, 1.165) is 54.6 Å². The number of benzene rings is 1. The molecule has 1 aromatic carbocycles. The second kappa shape index (κ2) is 14.3. The fourth-order valence-electron chi connectivity index (χ4n) is 6.92. The van der Waals surface area contributed by atoms with Crippen LogP contribution < -0.4 is 32.3 Å². The van der Waals surface area contributed by atoms with E-state index in [9.17, 15) is 19.2 Å². The highest BCUT2D eigenvalue weighted by molar-refractivity contribution is 5.98. The first-order chi connectivity index (χ1) is 25.5. The van der Waals surface area contributed by atoms with Crippen LogP contribution in [0.25, 0.3) is 11.1 Å². The SMILES string of the molecule is CCC1c2c(cnn2C2CN(C(=O)c3cccc(C(=O)N(C)CC)n3)C2)-c2cccc(NC(/C=C(\N)NC(=O)C3CC3)=C(/N)C(=O)NC3CC3)c2N1C. The van der Waals surface area contributed by atoms with E-state index >= 15 is 0 Å². The Bertz CT molecular complexity index is 2020. The summed E-state index contributed by atoms with van der Waals surface area (Å²) in [6, 6.07) is 10.8. The predicted molar refractivity (Wildman–Crippen MR) is 200 cm³/mol. The molecule has 1 saturated heterocycles. The maximum absolute atomic E-state index is 13.4. The molecule has 4 aliphatic rings. The zero-order valence-corrected chi connectivity index (χ0v) is 30.6. The molecule has 2 aromatic heterocycles. The van der Waals surface area contributed by atoms with Gasteiger partial charge in [-0.3, -0.25) is 23.9 Å². The van der Waals surface area contributed by atoms with Crippen LogP contribution in [0.5, 0.6) is 0 Å². The molecule has 2 aliphatic carbocycles. The fraction of sp³-hybridized carbons (Fsp3) is 0.421. The van der Waals surface area contributed by atoms with Gasteiger partial charge in [-0.1, -0.05) is 25.1 Å². The average molecular weight is 722 g/mol. The number of nitrogens with zero attached hydrogens (tertiary/aromatic N) is 6. The molecule has 278 valence electrons. The molecule has 0 radical (unpaired) electrons. The van der Waals surface area contributed by atoms with Crippen molar-refractivity contribution in [1.29, 1.82) is 0 Å². The standard InChI is InChI=1S/C38H47N11O4/c1-5-30-34-25(18-41-49(34)23-19-48(20-23)38(53)28-12-8-11-27(44-28)37(52)46(3)6-2)24-9-7-10-26(33(24)47(30)4)43-29(32(40)36(51)42-22-15-16-22)17-31(39)45-35(50)21-13-14-21/h7-12,17-18,21-23,30,43H,5-6,13-16,19-20,39-40H2,1-4H3,(H,42,51)(H,45,50)/b31-17+,32-29+. The van der Waals surface area contributed by atoms with Gasteiger partial charge >= 0.3 is 0 Å². The number of likely N-dealkylation sites (tertiary alicyclic amines) is 1. The number of aromatic nitrogens is 3. The topological polar surface area (TPSA) is 197 Å². The molecular formula is C38H47N11O4. The molecule has 2 aliphatic heterocycles. The number of nitrogens with one attached hydrogen (secondary N) is 3. The summed E-state index contributed by atoms with van der Waals surface area (Å²) in [5.74, 6) is -0.965. The first kappa shape index (κ1) is 35.5. The number of carbonyl (C=O) groups excluding carboxylic acids is 4. The number of rotatable bonds is 12. The van der Waals surface area contributed by atoms with Gasteiger partial charge in [0.1, 0.15) is 22.9 Å². The number of pyridine rings is 1. The van der Waals surface area contributed by atoms with Gasteiger partial charge in [-0.25, -0.2) is 4.98 Å². The van der Waals surface area contributed by atoms with Crippen LogP contribution >= 0.6 is 0 Å². The van der Waals surface area contributed by atoms with Gasteiger partial charge in [0, 0.05) is 62.9 Å². The molecule has 4 heterocycles. The van der Waals surface area contributed by atoms with Crippen molar-refractivity contribution in [3.05, 3.63) is 83.0 Å². The summed E-state index contributed by atoms with van der Waals surface area (Å²) in [7, 11) is 3.73. The molecule has 15 heteroatoms. The Hall–Kier alpha value is -5.86. The van der Waals surface area contributed by atoms with E-state index in [0.29, 0.717) is 25.3 Å². The minimum absolute atomic E-state index is 0.0388. The second-order valence-electron chi connectivity index (χ2n) is 14.3. The third-order valence-corrected chi connectivity index (χ3v) is 10.4. The minimum atomic E-state index is -0.408. The van der Waals surface area contributed by atoms with Crippen LogP contribution in [0.15, 0.2) is 65.9 Å². The summed E-state index contributed by atoms with van der Waals surface area (Å²) < 4.78 is 2.04. The lowest BCUT2D eigenvalue weighted by Gasteiger charge is -2.43. The summed E-state index contributed by atoms with van der Waals surface area (Å²) in [4.78, 5) is 61.5. The molecule has 3 fully saturated rings. The van der Waals surface area contributed by atoms with Gasteiger partial charge < -0.3 is 42.1 Å². The number of hydrogen-bond donors (Lipinski definition) is 5. The smallest absolute Gasteiger partial charge is 0.272 e. The van der Waals surface area contributed by atoms with E-state index < -0.39 is 5.91 Å². The van der Waals surface area contributed by atoms with Crippen molar-refractivity contribution in [2.24, 2.45) is 17.4 Å². The second-order valence-corrected chi connectivity index (χ2v) is 14.3. The number of hydrogen-bond acceptors (Lipinski definition) is 10. The Kier molecular flexibility index (Phi) is 9.58. The van der Waals surface area contributed by atoms with E-state index in [4.69, 9.17) is 16.6 Å². The molecule has 0 bridgehead atoms. The van der Waals surface area contributed by atoms with E-state index in [1.54, 1.807) is 35.0 Å².